The first kappa shape index (κ1) is 7.22. The Balaban J connectivity index is 2.34. The highest BCUT2D eigenvalue weighted by Gasteiger charge is 2.12. The molecule has 1 aliphatic heterocycles. The predicted octanol–water partition coefficient (Wildman–Crippen LogP) is 2.50. The highest BCUT2D eigenvalue weighted by molar-refractivity contribution is 5.88. The minimum absolute atomic E-state index is 1.11. The van der Waals surface area contributed by atoms with E-state index in [1.54, 1.807) is 0 Å². The van der Waals surface area contributed by atoms with Gasteiger partial charge in [-0.3, -0.25) is 0 Å². The topological polar surface area (TPSA) is 3.24 Å². The van der Waals surface area contributed by atoms with Crippen LogP contribution in [-0.4, -0.2) is 11.9 Å². The summed E-state index contributed by atoms with van der Waals surface area (Å²) < 4.78 is 0. The Morgan fingerprint density at radius 3 is 3.08 bits per heavy atom. The molecule has 0 amide bonds. The standard InChI is InChI=1S/C12H12N/c1-13-7-10-6-5-9-3-2-4-11(9)12(10)8-13/h2-6H,7-8H2,1H3/q-1. The van der Waals surface area contributed by atoms with Gasteiger partial charge in [0.2, 0.25) is 0 Å². The SMILES string of the molecule is CN1Cc2ccc3ccc[c-]3c2C1. The van der Waals surface area contributed by atoms with Crippen molar-refractivity contribution in [2.45, 2.75) is 13.1 Å². The van der Waals surface area contributed by atoms with E-state index in [0.29, 0.717) is 0 Å². The van der Waals surface area contributed by atoms with Crippen LogP contribution in [0, 0.1) is 0 Å². The highest BCUT2D eigenvalue weighted by atomic mass is 15.1. The van der Waals surface area contributed by atoms with E-state index in [9.17, 15) is 0 Å². The van der Waals surface area contributed by atoms with Crippen LogP contribution in [0.3, 0.4) is 0 Å². The van der Waals surface area contributed by atoms with Gasteiger partial charge in [0.1, 0.15) is 0 Å². The fraction of sp³-hybridized carbons (Fsp3) is 0.250. The van der Waals surface area contributed by atoms with Crippen LogP contribution >= 0.6 is 0 Å². The molecule has 1 heteroatoms. The van der Waals surface area contributed by atoms with Crippen molar-refractivity contribution < 1.29 is 0 Å². The molecule has 0 aliphatic carbocycles. The molecule has 0 radical (unpaired) electrons. The molecule has 0 aromatic heterocycles. The van der Waals surface area contributed by atoms with Gasteiger partial charge in [-0.25, -0.2) is 0 Å². The zero-order valence-electron chi connectivity index (χ0n) is 7.75. The lowest BCUT2D eigenvalue weighted by atomic mass is 10.1. The first-order chi connectivity index (χ1) is 6.34. The Morgan fingerprint density at radius 2 is 2.15 bits per heavy atom. The Morgan fingerprint density at radius 1 is 1.23 bits per heavy atom. The molecular formula is C12H12N-. The minimum atomic E-state index is 1.11. The van der Waals surface area contributed by atoms with E-state index in [1.807, 2.05) is 0 Å². The lowest BCUT2D eigenvalue weighted by molar-refractivity contribution is 0.353. The monoisotopic (exact) mass is 170 g/mol. The summed E-state index contributed by atoms with van der Waals surface area (Å²) in [5, 5.41) is 2.83. The molecule has 1 heterocycles. The molecule has 0 fully saturated rings. The Labute approximate surface area is 78.0 Å². The summed E-state index contributed by atoms with van der Waals surface area (Å²) in [5.74, 6) is 0. The molecule has 3 rings (SSSR count). The second-order valence-corrected chi connectivity index (χ2v) is 3.90. The maximum Gasteiger partial charge on any atom is 0.00990 e. The highest BCUT2D eigenvalue weighted by Crippen LogP contribution is 2.29. The summed E-state index contributed by atoms with van der Waals surface area (Å²) in [6.07, 6.45) is 0. The van der Waals surface area contributed by atoms with Crippen LogP contribution in [0.4, 0.5) is 0 Å². The third-order valence-corrected chi connectivity index (χ3v) is 2.89. The van der Waals surface area contributed by atoms with Crippen molar-refractivity contribution in [2.75, 3.05) is 7.05 Å². The van der Waals surface area contributed by atoms with Crippen molar-refractivity contribution in [3.63, 3.8) is 0 Å². The molecule has 1 nitrogen and oxygen atoms in total. The predicted molar refractivity (Wildman–Crippen MR) is 54.7 cm³/mol. The summed E-state index contributed by atoms with van der Waals surface area (Å²) >= 11 is 0. The largest absolute Gasteiger partial charge is 0.306 e. The average Bonchev–Trinajstić information content (AvgIpc) is 2.65. The Hall–Kier alpha value is -1.21. The normalized spacial score (nSPS) is 16.7. The maximum atomic E-state index is 2.36. The van der Waals surface area contributed by atoms with E-state index in [4.69, 9.17) is 0 Å². The molecule has 66 valence electrons. The lowest BCUT2D eigenvalue weighted by Gasteiger charge is -2.06. The summed E-state index contributed by atoms with van der Waals surface area (Å²) in [7, 11) is 2.18. The van der Waals surface area contributed by atoms with Gasteiger partial charge in [0.15, 0.2) is 0 Å². The molecule has 0 saturated heterocycles. The molecule has 2 aromatic rings. The molecule has 0 saturated carbocycles. The third kappa shape index (κ3) is 0.939. The minimum Gasteiger partial charge on any atom is -0.306 e. The van der Waals surface area contributed by atoms with Crippen LogP contribution < -0.4 is 0 Å². The van der Waals surface area contributed by atoms with Crippen LogP contribution in [0.15, 0.2) is 30.3 Å². The second kappa shape index (κ2) is 2.39. The zero-order valence-corrected chi connectivity index (χ0v) is 7.75. The van der Waals surface area contributed by atoms with E-state index >= 15 is 0 Å². The van der Waals surface area contributed by atoms with Crippen molar-refractivity contribution in [1.82, 2.24) is 4.90 Å². The van der Waals surface area contributed by atoms with Crippen molar-refractivity contribution in [2.24, 2.45) is 0 Å². The second-order valence-electron chi connectivity index (χ2n) is 3.90. The number of rotatable bonds is 0. The Kier molecular flexibility index (Phi) is 1.33. The molecule has 0 unspecified atom stereocenters. The summed E-state index contributed by atoms with van der Waals surface area (Å²) in [4.78, 5) is 2.36. The molecule has 2 aromatic carbocycles. The van der Waals surface area contributed by atoms with E-state index in [2.05, 4.69) is 42.3 Å². The number of nitrogens with zero attached hydrogens (tertiary/aromatic N) is 1. The fourth-order valence-electron chi connectivity index (χ4n) is 2.27. The van der Waals surface area contributed by atoms with Crippen LogP contribution in [0.1, 0.15) is 11.1 Å². The number of hydrogen-bond donors (Lipinski definition) is 0. The van der Waals surface area contributed by atoms with Gasteiger partial charge in [0.25, 0.3) is 0 Å². The third-order valence-electron chi connectivity index (χ3n) is 2.89. The van der Waals surface area contributed by atoms with Crippen molar-refractivity contribution in [3.8, 4) is 0 Å². The van der Waals surface area contributed by atoms with E-state index in [0.717, 1.165) is 13.1 Å². The fourth-order valence-corrected chi connectivity index (χ4v) is 2.27. The van der Waals surface area contributed by atoms with Gasteiger partial charge in [-0.2, -0.15) is 12.1 Å². The molecular weight excluding hydrogens is 158 g/mol. The quantitative estimate of drug-likeness (QED) is 0.549. The van der Waals surface area contributed by atoms with E-state index in [-0.39, 0.29) is 0 Å². The van der Waals surface area contributed by atoms with Gasteiger partial charge in [-0.05, 0) is 13.6 Å². The zero-order chi connectivity index (χ0) is 8.84. The first-order valence-corrected chi connectivity index (χ1v) is 4.69. The molecule has 0 spiro atoms. The molecule has 13 heavy (non-hydrogen) atoms. The lowest BCUT2D eigenvalue weighted by Crippen LogP contribution is -2.07. The number of benzene rings is 1. The van der Waals surface area contributed by atoms with Crippen LogP contribution in [0.25, 0.3) is 10.8 Å². The van der Waals surface area contributed by atoms with Crippen LogP contribution in [-0.2, 0) is 13.1 Å². The van der Waals surface area contributed by atoms with Crippen molar-refractivity contribution in [1.29, 1.82) is 0 Å². The van der Waals surface area contributed by atoms with Gasteiger partial charge in [0.05, 0.1) is 0 Å². The average molecular weight is 170 g/mol. The van der Waals surface area contributed by atoms with Crippen LogP contribution in [0.5, 0.6) is 0 Å². The maximum absolute atomic E-state index is 2.36. The van der Waals surface area contributed by atoms with Crippen molar-refractivity contribution >= 4 is 10.8 Å². The molecule has 1 aliphatic rings. The molecule has 0 bridgehead atoms. The van der Waals surface area contributed by atoms with Crippen molar-refractivity contribution in [3.05, 3.63) is 41.5 Å². The smallest absolute Gasteiger partial charge is 0.00990 e. The van der Waals surface area contributed by atoms with Gasteiger partial charge in [0, 0.05) is 6.54 Å². The van der Waals surface area contributed by atoms with Gasteiger partial charge < -0.3 is 4.90 Å². The Bertz CT molecular complexity index is 453. The van der Waals surface area contributed by atoms with Gasteiger partial charge >= 0.3 is 0 Å². The van der Waals surface area contributed by atoms with Crippen LogP contribution in [0.2, 0.25) is 0 Å². The summed E-state index contributed by atoms with van der Waals surface area (Å²) in [5.41, 5.74) is 3.03. The first-order valence-electron chi connectivity index (χ1n) is 4.69. The summed E-state index contributed by atoms with van der Waals surface area (Å²) in [6, 6.07) is 11.1. The van der Waals surface area contributed by atoms with E-state index < -0.39 is 0 Å². The molecule has 0 atom stereocenters. The van der Waals surface area contributed by atoms with E-state index in [1.165, 1.54) is 21.9 Å². The van der Waals surface area contributed by atoms with Gasteiger partial charge in [-0.1, -0.05) is 16.5 Å². The van der Waals surface area contributed by atoms with Gasteiger partial charge in [-0.15, -0.1) is 23.6 Å². The number of hydrogen-bond acceptors (Lipinski definition) is 1. The number of fused-ring (bicyclic) bond motifs is 3. The summed E-state index contributed by atoms with van der Waals surface area (Å²) in [6.45, 7) is 2.22. The molecule has 0 N–H and O–H groups in total.